The lowest BCUT2D eigenvalue weighted by molar-refractivity contribution is 0.374. The van der Waals surface area contributed by atoms with Gasteiger partial charge < -0.3 is 5.32 Å². The van der Waals surface area contributed by atoms with E-state index in [0.717, 1.165) is 9.50 Å². The third-order valence-corrected chi connectivity index (χ3v) is 5.13. The standard InChI is InChI=1S/C17H17BrClN/c1-11-2-7-15(10-17(11)18)20-16-8-13(9-16)12-3-5-14(19)6-4-12/h2-7,10,13,16,20H,8-9H2,1H3. The fourth-order valence-corrected chi connectivity index (χ4v) is 3.17. The van der Waals surface area contributed by atoms with Gasteiger partial charge in [0.2, 0.25) is 0 Å². The Labute approximate surface area is 133 Å². The van der Waals surface area contributed by atoms with Gasteiger partial charge >= 0.3 is 0 Å². The van der Waals surface area contributed by atoms with Crippen LogP contribution in [0.25, 0.3) is 0 Å². The molecule has 0 heterocycles. The highest BCUT2D eigenvalue weighted by Gasteiger charge is 2.30. The van der Waals surface area contributed by atoms with E-state index in [-0.39, 0.29) is 0 Å². The zero-order valence-corrected chi connectivity index (χ0v) is 13.7. The summed E-state index contributed by atoms with van der Waals surface area (Å²) in [5.74, 6) is 0.665. The molecule has 1 N–H and O–H groups in total. The first-order chi connectivity index (χ1) is 9.61. The van der Waals surface area contributed by atoms with E-state index in [1.54, 1.807) is 0 Å². The van der Waals surface area contributed by atoms with Crippen LogP contribution in [0, 0.1) is 6.92 Å². The Kier molecular flexibility index (Phi) is 4.04. The van der Waals surface area contributed by atoms with Crippen LogP contribution in [-0.4, -0.2) is 6.04 Å². The lowest BCUT2D eigenvalue weighted by Crippen LogP contribution is -2.33. The van der Waals surface area contributed by atoms with Crippen LogP contribution in [0.2, 0.25) is 5.02 Å². The second-order valence-electron chi connectivity index (χ2n) is 5.53. The second-order valence-corrected chi connectivity index (χ2v) is 6.82. The van der Waals surface area contributed by atoms with Crippen LogP contribution < -0.4 is 5.32 Å². The molecular weight excluding hydrogens is 334 g/mol. The Morgan fingerprint density at radius 3 is 2.45 bits per heavy atom. The minimum Gasteiger partial charge on any atom is -0.382 e. The molecule has 0 amide bonds. The van der Waals surface area contributed by atoms with E-state index >= 15 is 0 Å². The van der Waals surface area contributed by atoms with Crippen molar-refractivity contribution >= 4 is 33.2 Å². The molecule has 1 saturated carbocycles. The molecule has 0 atom stereocenters. The largest absolute Gasteiger partial charge is 0.382 e. The number of halogens is 2. The highest BCUT2D eigenvalue weighted by atomic mass is 79.9. The highest BCUT2D eigenvalue weighted by molar-refractivity contribution is 9.10. The van der Waals surface area contributed by atoms with Gasteiger partial charge in [-0.1, -0.05) is 45.7 Å². The molecule has 1 aliphatic rings. The van der Waals surface area contributed by atoms with Gasteiger partial charge in [0.25, 0.3) is 0 Å². The number of hydrogen-bond donors (Lipinski definition) is 1. The fourth-order valence-electron chi connectivity index (χ4n) is 2.66. The van der Waals surface area contributed by atoms with Crippen molar-refractivity contribution in [3.63, 3.8) is 0 Å². The molecular formula is C17H17BrClN. The number of benzene rings is 2. The summed E-state index contributed by atoms with van der Waals surface area (Å²) in [4.78, 5) is 0. The Balaban J connectivity index is 1.58. The second kappa shape index (κ2) is 5.79. The Bertz CT molecular complexity index is 603. The molecule has 0 aromatic heterocycles. The van der Waals surface area contributed by atoms with E-state index in [1.807, 2.05) is 12.1 Å². The van der Waals surface area contributed by atoms with Crippen molar-refractivity contribution in [2.24, 2.45) is 0 Å². The maximum atomic E-state index is 5.92. The molecule has 0 unspecified atom stereocenters. The van der Waals surface area contributed by atoms with Crippen molar-refractivity contribution in [1.82, 2.24) is 0 Å². The van der Waals surface area contributed by atoms with E-state index in [4.69, 9.17) is 11.6 Å². The lowest BCUT2D eigenvalue weighted by Gasteiger charge is -2.37. The third kappa shape index (κ3) is 3.02. The van der Waals surface area contributed by atoms with Gasteiger partial charge in [0.05, 0.1) is 0 Å². The summed E-state index contributed by atoms with van der Waals surface area (Å²) in [7, 11) is 0. The number of hydrogen-bond acceptors (Lipinski definition) is 1. The quantitative estimate of drug-likeness (QED) is 0.741. The molecule has 0 saturated heterocycles. The molecule has 20 heavy (non-hydrogen) atoms. The van der Waals surface area contributed by atoms with Crippen molar-refractivity contribution in [3.8, 4) is 0 Å². The molecule has 1 nitrogen and oxygen atoms in total. The molecule has 0 spiro atoms. The zero-order chi connectivity index (χ0) is 14.1. The van der Waals surface area contributed by atoms with Crippen LogP contribution >= 0.6 is 27.5 Å². The molecule has 0 aliphatic heterocycles. The molecule has 0 bridgehead atoms. The Hall–Kier alpha value is -0.990. The van der Waals surface area contributed by atoms with Gasteiger partial charge in [0, 0.05) is 21.2 Å². The van der Waals surface area contributed by atoms with E-state index in [2.05, 4.69) is 58.5 Å². The van der Waals surface area contributed by atoms with Crippen molar-refractivity contribution in [3.05, 3.63) is 63.1 Å². The molecule has 2 aromatic carbocycles. The summed E-state index contributed by atoms with van der Waals surface area (Å²) < 4.78 is 1.16. The topological polar surface area (TPSA) is 12.0 Å². The number of aryl methyl sites for hydroxylation is 1. The monoisotopic (exact) mass is 349 g/mol. The molecule has 104 valence electrons. The van der Waals surface area contributed by atoms with Gasteiger partial charge in [-0.15, -0.1) is 0 Å². The summed E-state index contributed by atoms with van der Waals surface area (Å²) in [5.41, 5.74) is 3.86. The SMILES string of the molecule is Cc1ccc(NC2CC(c3ccc(Cl)cc3)C2)cc1Br. The van der Waals surface area contributed by atoms with Crippen molar-refractivity contribution in [2.45, 2.75) is 31.7 Å². The summed E-state index contributed by atoms with van der Waals surface area (Å²) in [6, 6.07) is 15.3. The van der Waals surface area contributed by atoms with Gasteiger partial charge in [-0.3, -0.25) is 0 Å². The van der Waals surface area contributed by atoms with E-state index < -0.39 is 0 Å². The summed E-state index contributed by atoms with van der Waals surface area (Å²) >= 11 is 9.50. The molecule has 1 fully saturated rings. The predicted octanol–water partition coefficient (Wildman–Crippen LogP) is 5.77. The van der Waals surface area contributed by atoms with Crippen molar-refractivity contribution in [1.29, 1.82) is 0 Å². The van der Waals surface area contributed by atoms with Crippen LogP contribution in [0.15, 0.2) is 46.9 Å². The first-order valence-electron chi connectivity index (χ1n) is 6.90. The maximum Gasteiger partial charge on any atom is 0.0406 e. The third-order valence-electron chi connectivity index (χ3n) is 4.02. The minimum atomic E-state index is 0.574. The lowest BCUT2D eigenvalue weighted by atomic mass is 9.76. The van der Waals surface area contributed by atoms with Gasteiger partial charge in [-0.2, -0.15) is 0 Å². The van der Waals surface area contributed by atoms with Crippen LogP contribution in [-0.2, 0) is 0 Å². The summed E-state index contributed by atoms with van der Waals surface area (Å²) in [6.07, 6.45) is 2.38. The van der Waals surface area contributed by atoms with E-state index in [1.165, 1.54) is 29.7 Å². The minimum absolute atomic E-state index is 0.574. The van der Waals surface area contributed by atoms with Crippen molar-refractivity contribution in [2.75, 3.05) is 5.32 Å². The normalized spacial score (nSPS) is 21.4. The van der Waals surface area contributed by atoms with E-state index in [9.17, 15) is 0 Å². The number of anilines is 1. The summed E-state index contributed by atoms with van der Waals surface area (Å²) in [6.45, 7) is 2.10. The molecule has 3 heteroatoms. The molecule has 0 radical (unpaired) electrons. The van der Waals surface area contributed by atoms with Crippen molar-refractivity contribution < 1.29 is 0 Å². The van der Waals surface area contributed by atoms with Crippen LogP contribution in [0.3, 0.4) is 0 Å². The Morgan fingerprint density at radius 1 is 1.10 bits per heavy atom. The van der Waals surface area contributed by atoms with E-state index in [0.29, 0.717) is 12.0 Å². The molecule has 2 aromatic rings. The first-order valence-corrected chi connectivity index (χ1v) is 8.07. The fraction of sp³-hybridized carbons (Fsp3) is 0.294. The van der Waals surface area contributed by atoms with Crippen LogP contribution in [0.4, 0.5) is 5.69 Å². The molecule has 1 aliphatic carbocycles. The van der Waals surface area contributed by atoms with Gasteiger partial charge in [-0.25, -0.2) is 0 Å². The number of nitrogens with one attached hydrogen (secondary N) is 1. The van der Waals surface area contributed by atoms with Crippen LogP contribution in [0.1, 0.15) is 29.9 Å². The highest BCUT2D eigenvalue weighted by Crippen LogP contribution is 2.39. The zero-order valence-electron chi connectivity index (χ0n) is 11.4. The maximum absolute atomic E-state index is 5.92. The Morgan fingerprint density at radius 2 is 1.80 bits per heavy atom. The van der Waals surface area contributed by atoms with Gasteiger partial charge in [-0.05, 0) is 61.1 Å². The number of rotatable bonds is 3. The van der Waals surface area contributed by atoms with Gasteiger partial charge in [0.1, 0.15) is 0 Å². The van der Waals surface area contributed by atoms with Gasteiger partial charge in [0.15, 0.2) is 0 Å². The summed E-state index contributed by atoms with van der Waals surface area (Å²) in [5, 5.41) is 4.41. The predicted molar refractivity (Wildman–Crippen MR) is 89.7 cm³/mol. The van der Waals surface area contributed by atoms with Crippen LogP contribution in [0.5, 0.6) is 0 Å². The smallest absolute Gasteiger partial charge is 0.0406 e. The molecule has 3 rings (SSSR count). The average Bonchev–Trinajstić information content (AvgIpc) is 2.39. The average molecular weight is 351 g/mol. The first kappa shape index (κ1) is 14.0.